The number of rotatable bonds is 5. The number of hydrogen-bond donors (Lipinski definition) is 2. The van der Waals surface area contributed by atoms with E-state index < -0.39 is 5.60 Å². The largest absolute Gasteiger partial charge is 0.385 e. The summed E-state index contributed by atoms with van der Waals surface area (Å²) in [4.78, 5) is 0. The minimum absolute atomic E-state index is 0.676. The van der Waals surface area contributed by atoms with E-state index in [4.69, 9.17) is 0 Å². The van der Waals surface area contributed by atoms with E-state index >= 15 is 0 Å². The van der Waals surface area contributed by atoms with Crippen LogP contribution in [0.25, 0.3) is 0 Å². The molecule has 0 aromatic heterocycles. The Bertz CT molecular complexity index is 260. The summed E-state index contributed by atoms with van der Waals surface area (Å²) in [5, 5.41) is 13.4. The van der Waals surface area contributed by atoms with Crippen molar-refractivity contribution in [1.82, 2.24) is 5.32 Å². The summed E-state index contributed by atoms with van der Waals surface area (Å²) in [5.41, 5.74) is 0.335. The third-order valence-corrected chi connectivity index (χ3v) is 2.68. The second-order valence-corrected chi connectivity index (χ2v) is 3.60. The number of nitrogens with one attached hydrogen (secondary N) is 1. The van der Waals surface area contributed by atoms with Gasteiger partial charge in [-0.2, -0.15) is 0 Å². The van der Waals surface area contributed by atoms with Crippen LogP contribution in [0.4, 0.5) is 0 Å². The molecule has 0 bridgehead atoms. The lowest BCUT2D eigenvalue weighted by Gasteiger charge is -2.27. The molecule has 2 nitrogen and oxygen atoms in total. The topological polar surface area (TPSA) is 32.3 Å². The second-order valence-electron chi connectivity index (χ2n) is 3.60. The first-order valence-electron chi connectivity index (χ1n) is 5.15. The van der Waals surface area contributed by atoms with Crippen LogP contribution in [-0.4, -0.2) is 18.7 Å². The predicted molar refractivity (Wildman–Crippen MR) is 59.2 cm³/mol. The lowest BCUT2D eigenvalue weighted by molar-refractivity contribution is 0.0242. The van der Waals surface area contributed by atoms with Gasteiger partial charge in [0.25, 0.3) is 0 Å². The van der Waals surface area contributed by atoms with E-state index in [1.165, 1.54) is 0 Å². The van der Waals surface area contributed by atoms with Crippen molar-refractivity contribution < 1.29 is 5.11 Å². The molecule has 1 aromatic carbocycles. The fraction of sp³-hybridized carbons (Fsp3) is 0.500. The zero-order valence-electron chi connectivity index (χ0n) is 8.96. The fourth-order valence-electron chi connectivity index (χ4n) is 1.61. The van der Waals surface area contributed by atoms with Crippen molar-refractivity contribution in [3.05, 3.63) is 35.9 Å². The van der Waals surface area contributed by atoms with Gasteiger partial charge in [-0.05, 0) is 32.0 Å². The second kappa shape index (κ2) is 5.13. The fourth-order valence-corrected chi connectivity index (χ4v) is 1.61. The molecule has 0 fully saturated rings. The molecule has 1 unspecified atom stereocenters. The summed E-state index contributed by atoms with van der Waals surface area (Å²) in [6.07, 6.45) is 1.50. The molecule has 0 aliphatic rings. The minimum atomic E-state index is -0.676. The Labute approximate surface area is 86.0 Å². The van der Waals surface area contributed by atoms with Gasteiger partial charge in [0.2, 0.25) is 0 Å². The summed E-state index contributed by atoms with van der Waals surface area (Å²) >= 11 is 0. The highest BCUT2D eigenvalue weighted by molar-refractivity contribution is 5.22. The van der Waals surface area contributed by atoms with Gasteiger partial charge in [-0.25, -0.2) is 0 Å². The maximum atomic E-state index is 10.4. The molecular formula is C12H19NO. The molecule has 0 saturated carbocycles. The summed E-state index contributed by atoms with van der Waals surface area (Å²) in [5.74, 6) is 0. The van der Waals surface area contributed by atoms with E-state index in [-0.39, 0.29) is 0 Å². The average molecular weight is 193 g/mol. The first kappa shape index (κ1) is 11.2. The van der Waals surface area contributed by atoms with Gasteiger partial charge >= 0.3 is 0 Å². The van der Waals surface area contributed by atoms with E-state index in [1.807, 2.05) is 44.3 Å². The Morgan fingerprint density at radius 1 is 1.29 bits per heavy atom. The van der Waals surface area contributed by atoms with Crippen molar-refractivity contribution >= 4 is 0 Å². The smallest absolute Gasteiger partial charge is 0.0906 e. The van der Waals surface area contributed by atoms with Crippen LogP contribution in [0.2, 0.25) is 0 Å². The standard InChI is InChI=1S/C12H19NO/c1-3-12(14,9-10-13-2)11-7-5-4-6-8-11/h4-8,13-14H,3,9-10H2,1-2H3. The Morgan fingerprint density at radius 2 is 1.93 bits per heavy atom. The average Bonchev–Trinajstić information content (AvgIpc) is 2.27. The molecule has 0 spiro atoms. The van der Waals surface area contributed by atoms with Crippen LogP contribution in [0.3, 0.4) is 0 Å². The SMILES string of the molecule is CCC(O)(CCNC)c1ccccc1. The van der Waals surface area contributed by atoms with Crippen molar-refractivity contribution in [2.75, 3.05) is 13.6 Å². The lowest BCUT2D eigenvalue weighted by Crippen LogP contribution is -2.29. The number of benzene rings is 1. The lowest BCUT2D eigenvalue weighted by atomic mass is 9.88. The van der Waals surface area contributed by atoms with Crippen LogP contribution < -0.4 is 5.32 Å². The summed E-state index contributed by atoms with van der Waals surface area (Å²) in [7, 11) is 1.90. The van der Waals surface area contributed by atoms with E-state index in [0.29, 0.717) is 0 Å². The van der Waals surface area contributed by atoms with Gasteiger partial charge in [0.15, 0.2) is 0 Å². The van der Waals surface area contributed by atoms with Crippen LogP contribution in [0.5, 0.6) is 0 Å². The maximum absolute atomic E-state index is 10.4. The summed E-state index contributed by atoms with van der Waals surface area (Å²) in [6, 6.07) is 9.88. The molecule has 0 aliphatic heterocycles. The monoisotopic (exact) mass is 193 g/mol. The number of hydrogen-bond acceptors (Lipinski definition) is 2. The third-order valence-electron chi connectivity index (χ3n) is 2.68. The zero-order valence-corrected chi connectivity index (χ0v) is 8.96. The van der Waals surface area contributed by atoms with Gasteiger partial charge in [-0.3, -0.25) is 0 Å². The highest BCUT2D eigenvalue weighted by Gasteiger charge is 2.25. The third kappa shape index (κ3) is 2.56. The first-order chi connectivity index (χ1) is 6.73. The molecular weight excluding hydrogens is 174 g/mol. The molecule has 0 saturated heterocycles. The van der Waals surface area contributed by atoms with Crippen molar-refractivity contribution in [3.63, 3.8) is 0 Å². The van der Waals surface area contributed by atoms with Crippen LogP contribution in [0.1, 0.15) is 25.3 Å². The molecule has 1 aromatic rings. The Hall–Kier alpha value is -0.860. The van der Waals surface area contributed by atoms with Crippen LogP contribution in [0, 0.1) is 0 Å². The van der Waals surface area contributed by atoms with Crippen molar-refractivity contribution in [1.29, 1.82) is 0 Å². The van der Waals surface area contributed by atoms with Gasteiger partial charge in [0, 0.05) is 0 Å². The van der Waals surface area contributed by atoms with E-state index in [0.717, 1.165) is 24.9 Å². The van der Waals surface area contributed by atoms with E-state index in [1.54, 1.807) is 0 Å². The normalized spacial score (nSPS) is 15.1. The van der Waals surface area contributed by atoms with Gasteiger partial charge in [0.1, 0.15) is 0 Å². The van der Waals surface area contributed by atoms with Gasteiger partial charge in [-0.15, -0.1) is 0 Å². The molecule has 2 N–H and O–H groups in total. The molecule has 0 amide bonds. The van der Waals surface area contributed by atoms with E-state index in [9.17, 15) is 5.11 Å². The molecule has 14 heavy (non-hydrogen) atoms. The Morgan fingerprint density at radius 3 is 2.43 bits per heavy atom. The zero-order chi connectivity index (χ0) is 10.4. The van der Waals surface area contributed by atoms with E-state index in [2.05, 4.69) is 5.32 Å². The molecule has 1 rings (SSSR count). The van der Waals surface area contributed by atoms with Crippen LogP contribution >= 0.6 is 0 Å². The molecule has 0 radical (unpaired) electrons. The van der Waals surface area contributed by atoms with Crippen LogP contribution in [-0.2, 0) is 5.60 Å². The van der Waals surface area contributed by atoms with Crippen molar-refractivity contribution in [3.8, 4) is 0 Å². The van der Waals surface area contributed by atoms with Gasteiger partial charge in [0.05, 0.1) is 5.60 Å². The highest BCUT2D eigenvalue weighted by Crippen LogP contribution is 2.27. The molecule has 78 valence electrons. The van der Waals surface area contributed by atoms with Crippen molar-refractivity contribution in [2.24, 2.45) is 0 Å². The summed E-state index contributed by atoms with van der Waals surface area (Å²) in [6.45, 7) is 2.85. The Balaban J connectivity index is 2.79. The maximum Gasteiger partial charge on any atom is 0.0906 e. The molecule has 0 heterocycles. The molecule has 1 atom stereocenters. The summed E-state index contributed by atoms with van der Waals surface area (Å²) < 4.78 is 0. The van der Waals surface area contributed by atoms with Crippen LogP contribution in [0.15, 0.2) is 30.3 Å². The molecule has 2 heteroatoms. The highest BCUT2D eigenvalue weighted by atomic mass is 16.3. The van der Waals surface area contributed by atoms with Gasteiger partial charge < -0.3 is 10.4 Å². The molecule has 0 aliphatic carbocycles. The minimum Gasteiger partial charge on any atom is -0.385 e. The quantitative estimate of drug-likeness (QED) is 0.748. The number of aliphatic hydroxyl groups is 1. The first-order valence-corrected chi connectivity index (χ1v) is 5.15. The van der Waals surface area contributed by atoms with Crippen molar-refractivity contribution in [2.45, 2.75) is 25.4 Å². The van der Waals surface area contributed by atoms with Gasteiger partial charge in [-0.1, -0.05) is 37.3 Å². The predicted octanol–water partition coefficient (Wildman–Crippen LogP) is 1.89. The Kier molecular flexibility index (Phi) is 4.11.